The smallest absolute Gasteiger partial charge is 0.248 e. The molecule has 0 atom stereocenters. The van der Waals surface area contributed by atoms with Gasteiger partial charge in [-0.25, -0.2) is 0 Å². The van der Waals surface area contributed by atoms with E-state index in [4.69, 9.17) is 0 Å². The Labute approximate surface area is 88.6 Å². The van der Waals surface area contributed by atoms with Gasteiger partial charge in [0.25, 0.3) is 0 Å². The van der Waals surface area contributed by atoms with E-state index in [9.17, 15) is 4.79 Å². The SMILES string of the molecule is CC(C)=CC(=O)Nc1cc(C)c(C)s1. The van der Waals surface area contributed by atoms with E-state index in [1.807, 2.05) is 26.8 Å². The third-order valence-corrected chi connectivity index (χ3v) is 2.90. The van der Waals surface area contributed by atoms with Gasteiger partial charge in [0.2, 0.25) is 5.91 Å². The molecule has 1 rings (SSSR count). The molecule has 0 aliphatic rings. The Morgan fingerprint density at radius 3 is 2.50 bits per heavy atom. The van der Waals surface area contributed by atoms with Gasteiger partial charge in [-0.05, 0) is 39.3 Å². The predicted octanol–water partition coefficient (Wildman–Crippen LogP) is 3.27. The summed E-state index contributed by atoms with van der Waals surface area (Å²) in [7, 11) is 0. The second-order valence-corrected chi connectivity index (χ2v) is 4.82. The molecule has 76 valence electrons. The summed E-state index contributed by atoms with van der Waals surface area (Å²) in [5.74, 6) is -0.0498. The van der Waals surface area contributed by atoms with Crippen molar-refractivity contribution in [3.05, 3.63) is 28.2 Å². The summed E-state index contributed by atoms with van der Waals surface area (Å²) in [5, 5.41) is 3.76. The Balaban J connectivity index is 2.70. The molecule has 0 bridgehead atoms. The van der Waals surface area contributed by atoms with Gasteiger partial charge >= 0.3 is 0 Å². The molecule has 0 saturated carbocycles. The van der Waals surface area contributed by atoms with Crippen LogP contribution in [0.3, 0.4) is 0 Å². The molecule has 0 unspecified atom stereocenters. The molecule has 0 aliphatic heterocycles. The number of carbonyl (C=O) groups is 1. The average Bonchev–Trinajstić information content (AvgIpc) is 2.28. The normalized spacial score (nSPS) is 9.71. The molecule has 1 amide bonds. The third kappa shape index (κ3) is 3.00. The molecule has 14 heavy (non-hydrogen) atoms. The first-order chi connectivity index (χ1) is 6.49. The van der Waals surface area contributed by atoms with Crippen molar-refractivity contribution in [1.29, 1.82) is 0 Å². The molecule has 1 heterocycles. The van der Waals surface area contributed by atoms with Gasteiger partial charge < -0.3 is 5.32 Å². The van der Waals surface area contributed by atoms with Crippen molar-refractivity contribution in [3.8, 4) is 0 Å². The molecule has 0 aromatic carbocycles. The Bertz CT molecular complexity index is 353. The lowest BCUT2D eigenvalue weighted by molar-refractivity contribution is -0.111. The van der Waals surface area contributed by atoms with Crippen LogP contribution < -0.4 is 5.32 Å². The minimum absolute atomic E-state index is 0.0498. The van der Waals surface area contributed by atoms with E-state index >= 15 is 0 Å². The van der Waals surface area contributed by atoms with Crippen LogP contribution >= 0.6 is 11.3 Å². The third-order valence-electron chi connectivity index (χ3n) is 1.83. The van der Waals surface area contributed by atoms with Gasteiger partial charge in [0.1, 0.15) is 0 Å². The second kappa shape index (κ2) is 4.42. The zero-order valence-corrected chi connectivity index (χ0v) is 9.79. The van der Waals surface area contributed by atoms with Crippen LogP contribution in [0.1, 0.15) is 24.3 Å². The van der Waals surface area contributed by atoms with Gasteiger partial charge in [-0.15, -0.1) is 11.3 Å². The predicted molar refractivity (Wildman–Crippen MR) is 61.9 cm³/mol. The van der Waals surface area contributed by atoms with Crippen LogP contribution in [0.2, 0.25) is 0 Å². The maximum atomic E-state index is 11.4. The van der Waals surface area contributed by atoms with E-state index in [0.717, 1.165) is 10.6 Å². The van der Waals surface area contributed by atoms with Crippen LogP contribution in [0.25, 0.3) is 0 Å². The highest BCUT2D eigenvalue weighted by molar-refractivity contribution is 7.16. The summed E-state index contributed by atoms with van der Waals surface area (Å²) in [6, 6.07) is 2.00. The van der Waals surface area contributed by atoms with E-state index in [2.05, 4.69) is 12.2 Å². The van der Waals surface area contributed by atoms with E-state index in [1.165, 1.54) is 10.4 Å². The van der Waals surface area contributed by atoms with Crippen LogP contribution in [0.15, 0.2) is 17.7 Å². The molecule has 1 aromatic rings. The Morgan fingerprint density at radius 2 is 2.07 bits per heavy atom. The van der Waals surface area contributed by atoms with E-state index < -0.39 is 0 Å². The van der Waals surface area contributed by atoms with E-state index in [0.29, 0.717) is 0 Å². The van der Waals surface area contributed by atoms with Crippen LogP contribution in [0.5, 0.6) is 0 Å². The fourth-order valence-corrected chi connectivity index (χ4v) is 1.99. The van der Waals surface area contributed by atoms with Crippen molar-refractivity contribution in [2.75, 3.05) is 5.32 Å². The standard InChI is InChI=1S/C11H15NOS/c1-7(2)5-10(13)12-11-6-8(3)9(4)14-11/h5-6H,1-4H3,(H,12,13). The lowest BCUT2D eigenvalue weighted by atomic mass is 10.3. The van der Waals surface area contributed by atoms with Crippen molar-refractivity contribution < 1.29 is 4.79 Å². The van der Waals surface area contributed by atoms with Gasteiger partial charge in [-0.2, -0.15) is 0 Å². The van der Waals surface area contributed by atoms with Gasteiger partial charge in [0.05, 0.1) is 5.00 Å². The molecule has 0 saturated heterocycles. The van der Waals surface area contributed by atoms with E-state index in [1.54, 1.807) is 17.4 Å². The number of thiophene rings is 1. The number of hydrogen-bond donors (Lipinski definition) is 1. The lowest BCUT2D eigenvalue weighted by Gasteiger charge is -1.96. The quantitative estimate of drug-likeness (QED) is 0.744. The van der Waals surface area contributed by atoms with Gasteiger partial charge in [0, 0.05) is 11.0 Å². The largest absolute Gasteiger partial charge is 0.314 e. The number of hydrogen-bond acceptors (Lipinski definition) is 2. The summed E-state index contributed by atoms with van der Waals surface area (Å²) in [4.78, 5) is 12.6. The van der Waals surface area contributed by atoms with Crippen molar-refractivity contribution in [2.45, 2.75) is 27.7 Å². The molecular formula is C11H15NOS. The van der Waals surface area contributed by atoms with Gasteiger partial charge in [0.15, 0.2) is 0 Å². The number of amides is 1. The first-order valence-corrected chi connectivity index (χ1v) is 5.33. The van der Waals surface area contributed by atoms with Gasteiger partial charge in [-0.1, -0.05) is 5.57 Å². The van der Waals surface area contributed by atoms with Crippen molar-refractivity contribution in [2.24, 2.45) is 0 Å². The second-order valence-electron chi connectivity index (χ2n) is 3.56. The Hall–Kier alpha value is -1.09. The minimum atomic E-state index is -0.0498. The number of aryl methyl sites for hydroxylation is 2. The summed E-state index contributed by atoms with van der Waals surface area (Å²) >= 11 is 1.61. The minimum Gasteiger partial charge on any atom is -0.314 e. The first-order valence-electron chi connectivity index (χ1n) is 4.52. The van der Waals surface area contributed by atoms with E-state index in [-0.39, 0.29) is 5.91 Å². The maximum Gasteiger partial charge on any atom is 0.248 e. The highest BCUT2D eigenvalue weighted by Crippen LogP contribution is 2.25. The number of anilines is 1. The first kappa shape index (κ1) is 11.0. The molecule has 1 aromatic heterocycles. The summed E-state index contributed by atoms with van der Waals surface area (Å²) in [5.41, 5.74) is 2.23. The summed E-state index contributed by atoms with van der Waals surface area (Å²) in [6.45, 7) is 7.91. The number of rotatable bonds is 2. The molecule has 0 aliphatic carbocycles. The zero-order valence-electron chi connectivity index (χ0n) is 8.97. The average molecular weight is 209 g/mol. The molecule has 0 fully saturated rings. The molecule has 2 nitrogen and oxygen atoms in total. The van der Waals surface area contributed by atoms with Crippen LogP contribution in [0, 0.1) is 13.8 Å². The zero-order chi connectivity index (χ0) is 10.7. The van der Waals surface area contributed by atoms with Crippen molar-refractivity contribution in [3.63, 3.8) is 0 Å². The number of carbonyl (C=O) groups excluding carboxylic acids is 1. The Morgan fingerprint density at radius 1 is 1.43 bits per heavy atom. The number of nitrogens with one attached hydrogen (secondary N) is 1. The molecule has 1 N–H and O–H groups in total. The van der Waals surface area contributed by atoms with Crippen molar-refractivity contribution in [1.82, 2.24) is 0 Å². The fraction of sp³-hybridized carbons (Fsp3) is 0.364. The molecule has 0 spiro atoms. The summed E-state index contributed by atoms with van der Waals surface area (Å²) in [6.07, 6.45) is 1.60. The molecular weight excluding hydrogens is 194 g/mol. The lowest BCUT2D eigenvalue weighted by Crippen LogP contribution is -2.06. The van der Waals surface area contributed by atoms with Crippen LogP contribution in [0.4, 0.5) is 5.00 Å². The molecule has 0 radical (unpaired) electrons. The highest BCUT2D eigenvalue weighted by atomic mass is 32.1. The topological polar surface area (TPSA) is 29.1 Å². The van der Waals surface area contributed by atoms with Gasteiger partial charge in [-0.3, -0.25) is 4.79 Å². The Kier molecular flexibility index (Phi) is 3.47. The highest BCUT2D eigenvalue weighted by Gasteiger charge is 2.03. The molecule has 3 heteroatoms. The maximum absolute atomic E-state index is 11.4. The van der Waals surface area contributed by atoms with Crippen LogP contribution in [-0.4, -0.2) is 5.91 Å². The monoisotopic (exact) mass is 209 g/mol. The van der Waals surface area contributed by atoms with Crippen molar-refractivity contribution >= 4 is 22.2 Å². The summed E-state index contributed by atoms with van der Waals surface area (Å²) < 4.78 is 0. The fourth-order valence-electron chi connectivity index (χ4n) is 1.05. The number of allylic oxidation sites excluding steroid dienone is 1. The van der Waals surface area contributed by atoms with Crippen LogP contribution in [-0.2, 0) is 4.79 Å².